The second kappa shape index (κ2) is 6.55. The monoisotopic (exact) mass is 266 g/mol. The molecule has 2 atom stereocenters. The maximum absolute atomic E-state index is 6.29. The van der Waals surface area contributed by atoms with Gasteiger partial charge < -0.3 is 5.32 Å². The van der Waals surface area contributed by atoms with Crippen LogP contribution in [0.4, 0.5) is 0 Å². The van der Waals surface area contributed by atoms with Gasteiger partial charge in [-0.3, -0.25) is 4.90 Å². The van der Waals surface area contributed by atoms with Gasteiger partial charge in [0, 0.05) is 23.7 Å². The highest BCUT2D eigenvalue weighted by Gasteiger charge is 2.22. The third kappa shape index (κ3) is 3.25. The van der Waals surface area contributed by atoms with Gasteiger partial charge in [0.1, 0.15) is 0 Å². The van der Waals surface area contributed by atoms with Gasteiger partial charge >= 0.3 is 0 Å². The van der Waals surface area contributed by atoms with Crippen molar-refractivity contribution in [2.45, 2.75) is 38.8 Å². The Bertz CT molecular complexity index is 375. The van der Waals surface area contributed by atoms with Gasteiger partial charge in [-0.25, -0.2) is 0 Å². The van der Waals surface area contributed by atoms with Gasteiger partial charge in [-0.2, -0.15) is 0 Å². The van der Waals surface area contributed by atoms with Crippen LogP contribution in [0.25, 0.3) is 0 Å². The van der Waals surface area contributed by atoms with Gasteiger partial charge in [0.2, 0.25) is 0 Å². The maximum atomic E-state index is 6.29. The Labute approximate surface area is 115 Å². The maximum Gasteiger partial charge on any atom is 0.0453 e. The first-order valence-corrected chi connectivity index (χ1v) is 7.32. The molecule has 1 heterocycles. The topological polar surface area (TPSA) is 15.3 Å². The fourth-order valence-electron chi connectivity index (χ4n) is 2.77. The van der Waals surface area contributed by atoms with E-state index < -0.39 is 0 Å². The third-order valence-corrected chi connectivity index (χ3v) is 4.27. The summed E-state index contributed by atoms with van der Waals surface area (Å²) in [4.78, 5) is 2.50. The molecule has 1 aromatic rings. The Hall–Kier alpha value is -0.570. The lowest BCUT2D eigenvalue weighted by molar-refractivity contribution is 0.202. The Kier molecular flexibility index (Phi) is 5.04. The first-order valence-electron chi connectivity index (χ1n) is 6.94. The van der Waals surface area contributed by atoms with Gasteiger partial charge in [-0.1, -0.05) is 36.7 Å². The fraction of sp³-hybridized carbons (Fsp3) is 0.600. The molecule has 1 aromatic carbocycles. The van der Waals surface area contributed by atoms with Crippen LogP contribution >= 0.6 is 11.6 Å². The molecule has 2 unspecified atom stereocenters. The SMILES string of the molecule is CCN(CC1CCCN1)C(C)c1ccccc1Cl. The zero-order chi connectivity index (χ0) is 13.0. The molecule has 1 saturated heterocycles. The van der Waals surface area contributed by atoms with Crippen LogP contribution in [-0.4, -0.2) is 30.6 Å². The third-order valence-electron chi connectivity index (χ3n) is 3.93. The number of nitrogens with one attached hydrogen (secondary N) is 1. The highest BCUT2D eigenvalue weighted by molar-refractivity contribution is 6.31. The number of hydrogen-bond donors (Lipinski definition) is 1. The van der Waals surface area contributed by atoms with Gasteiger partial charge in [-0.15, -0.1) is 0 Å². The van der Waals surface area contributed by atoms with E-state index in [4.69, 9.17) is 11.6 Å². The first-order chi connectivity index (χ1) is 8.72. The number of likely N-dealkylation sites (N-methyl/N-ethyl adjacent to an activating group) is 1. The zero-order valence-corrected chi connectivity index (χ0v) is 12.1. The average molecular weight is 267 g/mol. The summed E-state index contributed by atoms with van der Waals surface area (Å²) in [6.07, 6.45) is 2.61. The van der Waals surface area contributed by atoms with Crippen LogP contribution in [-0.2, 0) is 0 Å². The molecule has 0 spiro atoms. The molecule has 1 N–H and O–H groups in total. The van der Waals surface area contributed by atoms with Gasteiger partial charge in [0.15, 0.2) is 0 Å². The van der Waals surface area contributed by atoms with E-state index in [1.54, 1.807) is 0 Å². The van der Waals surface area contributed by atoms with E-state index in [9.17, 15) is 0 Å². The number of nitrogens with zero attached hydrogens (tertiary/aromatic N) is 1. The smallest absolute Gasteiger partial charge is 0.0453 e. The minimum atomic E-state index is 0.381. The van der Waals surface area contributed by atoms with Crippen molar-refractivity contribution in [1.82, 2.24) is 10.2 Å². The summed E-state index contributed by atoms with van der Waals surface area (Å²) >= 11 is 6.29. The van der Waals surface area contributed by atoms with Crippen LogP contribution in [0.1, 0.15) is 38.3 Å². The van der Waals surface area contributed by atoms with Gasteiger partial charge in [-0.05, 0) is 44.5 Å². The van der Waals surface area contributed by atoms with E-state index in [0.717, 1.165) is 18.1 Å². The molecule has 1 fully saturated rings. The standard InChI is InChI=1S/C15H23ClN2/c1-3-18(11-13-7-6-10-17-13)12(2)14-8-4-5-9-15(14)16/h4-5,8-9,12-13,17H,3,6-7,10-11H2,1-2H3. The molecule has 0 saturated carbocycles. The summed E-state index contributed by atoms with van der Waals surface area (Å²) in [5, 5.41) is 4.45. The van der Waals surface area contributed by atoms with Crippen LogP contribution in [0, 0.1) is 0 Å². The fourth-order valence-corrected chi connectivity index (χ4v) is 3.06. The summed E-state index contributed by atoms with van der Waals surface area (Å²) in [7, 11) is 0. The van der Waals surface area contributed by atoms with Crippen molar-refractivity contribution in [2.24, 2.45) is 0 Å². The highest BCUT2D eigenvalue weighted by Crippen LogP contribution is 2.27. The van der Waals surface area contributed by atoms with Gasteiger partial charge in [0.25, 0.3) is 0 Å². The van der Waals surface area contributed by atoms with Crippen molar-refractivity contribution < 1.29 is 0 Å². The second-order valence-electron chi connectivity index (χ2n) is 5.08. The van der Waals surface area contributed by atoms with E-state index >= 15 is 0 Å². The summed E-state index contributed by atoms with van der Waals surface area (Å²) in [6.45, 7) is 7.82. The number of hydrogen-bond acceptors (Lipinski definition) is 2. The van der Waals surface area contributed by atoms with E-state index in [2.05, 4.69) is 36.2 Å². The molecule has 2 rings (SSSR count). The predicted molar refractivity (Wildman–Crippen MR) is 78.1 cm³/mol. The lowest BCUT2D eigenvalue weighted by atomic mass is 10.1. The van der Waals surface area contributed by atoms with E-state index in [1.165, 1.54) is 24.9 Å². The Morgan fingerprint density at radius 3 is 2.83 bits per heavy atom. The molecule has 0 aromatic heterocycles. The van der Waals surface area contributed by atoms with Crippen molar-refractivity contribution >= 4 is 11.6 Å². The molecule has 100 valence electrons. The van der Waals surface area contributed by atoms with E-state index in [0.29, 0.717) is 12.1 Å². The first kappa shape index (κ1) is 13.9. The molecule has 0 aliphatic carbocycles. The Morgan fingerprint density at radius 2 is 2.22 bits per heavy atom. The molecule has 0 radical (unpaired) electrons. The molecule has 3 heteroatoms. The van der Waals surface area contributed by atoms with Crippen molar-refractivity contribution in [3.8, 4) is 0 Å². The quantitative estimate of drug-likeness (QED) is 0.878. The minimum absolute atomic E-state index is 0.381. The van der Waals surface area contributed by atoms with E-state index in [1.807, 2.05) is 12.1 Å². The Balaban J connectivity index is 2.04. The van der Waals surface area contributed by atoms with Crippen LogP contribution in [0.15, 0.2) is 24.3 Å². The molecule has 18 heavy (non-hydrogen) atoms. The minimum Gasteiger partial charge on any atom is -0.313 e. The lowest BCUT2D eigenvalue weighted by Gasteiger charge is -2.31. The van der Waals surface area contributed by atoms with Crippen LogP contribution in [0.3, 0.4) is 0 Å². The highest BCUT2D eigenvalue weighted by atomic mass is 35.5. The number of benzene rings is 1. The van der Waals surface area contributed by atoms with Crippen LogP contribution < -0.4 is 5.32 Å². The summed E-state index contributed by atoms with van der Waals surface area (Å²) < 4.78 is 0. The summed E-state index contributed by atoms with van der Waals surface area (Å²) in [6, 6.07) is 9.21. The number of halogens is 1. The van der Waals surface area contributed by atoms with Crippen LogP contribution in [0.5, 0.6) is 0 Å². The van der Waals surface area contributed by atoms with Crippen molar-refractivity contribution in [3.05, 3.63) is 34.9 Å². The molecule has 1 aliphatic heterocycles. The normalized spacial score (nSPS) is 21.4. The summed E-state index contributed by atoms with van der Waals surface area (Å²) in [5.41, 5.74) is 1.24. The largest absolute Gasteiger partial charge is 0.313 e. The lowest BCUT2D eigenvalue weighted by Crippen LogP contribution is -2.38. The van der Waals surface area contributed by atoms with Crippen molar-refractivity contribution in [1.29, 1.82) is 0 Å². The van der Waals surface area contributed by atoms with Crippen molar-refractivity contribution in [3.63, 3.8) is 0 Å². The molecule has 2 nitrogen and oxygen atoms in total. The summed E-state index contributed by atoms with van der Waals surface area (Å²) in [5.74, 6) is 0. The van der Waals surface area contributed by atoms with Crippen LogP contribution in [0.2, 0.25) is 5.02 Å². The van der Waals surface area contributed by atoms with Crippen molar-refractivity contribution in [2.75, 3.05) is 19.6 Å². The van der Waals surface area contributed by atoms with Gasteiger partial charge in [0.05, 0.1) is 0 Å². The Morgan fingerprint density at radius 1 is 1.44 bits per heavy atom. The molecule has 0 bridgehead atoms. The van der Waals surface area contributed by atoms with E-state index in [-0.39, 0.29) is 0 Å². The molecular formula is C15H23ClN2. The molecule has 0 amide bonds. The molecular weight excluding hydrogens is 244 g/mol. The second-order valence-corrected chi connectivity index (χ2v) is 5.49. The number of rotatable bonds is 5. The predicted octanol–water partition coefficient (Wildman–Crippen LogP) is 3.47. The average Bonchev–Trinajstić information content (AvgIpc) is 2.88. The molecule has 1 aliphatic rings. The zero-order valence-electron chi connectivity index (χ0n) is 11.3.